The molecule has 2 rings (SSSR count). The van der Waals surface area contributed by atoms with Crippen molar-refractivity contribution in [3.05, 3.63) is 51.1 Å². The maximum absolute atomic E-state index is 12.2. The van der Waals surface area contributed by atoms with Gasteiger partial charge in [-0.3, -0.25) is 4.79 Å². The standard InChI is InChI=1S/C14H13BrClN3O/c1-2-9-5-8(6-13(17)18-9)14(20)19-10-3-4-12(16)11(15)7-10/h3-7H,2H2,1H3,(H2,17,18)(H,19,20). The van der Waals surface area contributed by atoms with E-state index in [-0.39, 0.29) is 5.91 Å². The Labute approximate surface area is 130 Å². The van der Waals surface area contributed by atoms with E-state index < -0.39 is 0 Å². The molecule has 104 valence electrons. The number of carbonyl (C=O) groups is 1. The molecule has 0 fully saturated rings. The van der Waals surface area contributed by atoms with Gasteiger partial charge >= 0.3 is 0 Å². The first-order chi connectivity index (χ1) is 9.49. The van der Waals surface area contributed by atoms with Crippen LogP contribution in [0.1, 0.15) is 23.0 Å². The molecule has 0 saturated carbocycles. The number of benzene rings is 1. The SMILES string of the molecule is CCc1cc(C(=O)Nc2ccc(Cl)c(Br)c2)cc(N)n1. The zero-order valence-electron chi connectivity index (χ0n) is 10.8. The highest BCUT2D eigenvalue weighted by Crippen LogP contribution is 2.25. The molecule has 1 aromatic carbocycles. The van der Waals surface area contributed by atoms with Crippen molar-refractivity contribution in [2.24, 2.45) is 0 Å². The minimum absolute atomic E-state index is 0.233. The van der Waals surface area contributed by atoms with Crippen molar-refractivity contribution in [3.63, 3.8) is 0 Å². The maximum Gasteiger partial charge on any atom is 0.255 e. The van der Waals surface area contributed by atoms with Crippen LogP contribution in [0.25, 0.3) is 0 Å². The Morgan fingerprint density at radius 1 is 1.40 bits per heavy atom. The fourth-order valence-electron chi connectivity index (χ4n) is 1.70. The number of nitrogen functional groups attached to an aromatic ring is 1. The summed E-state index contributed by atoms with van der Waals surface area (Å²) in [5.74, 6) is 0.106. The van der Waals surface area contributed by atoms with Crippen molar-refractivity contribution in [2.75, 3.05) is 11.1 Å². The van der Waals surface area contributed by atoms with Crippen LogP contribution in [0.3, 0.4) is 0 Å². The fraction of sp³-hybridized carbons (Fsp3) is 0.143. The van der Waals surface area contributed by atoms with E-state index in [0.717, 1.165) is 16.6 Å². The van der Waals surface area contributed by atoms with E-state index in [1.54, 1.807) is 30.3 Å². The van der Waals surface area contributed by atoms with Gasteiger partial charge in [0.25, 0.3) is 5.91 Å². The summed E-state index contributed by atoms with van der Waals surface area (Å²) in [5, 5.41) is 3.38. The smallest absolute Gasteiger partial charge is 0.255 e. The third-order valence-corrected chi connectivity index (χ3v) is 3.91. The number of aromatic nitrogens is 1. The molecule has 2 aromatic rings. The number of aryl methyl sites for hydroxylation is 1. The summed E-state index contributed by atoms with van der Waals surface area (Å²) in [4.78, 5) is 16.3. The zero-order valence-corrected chi connectivity index (χ0v) is 13.1. The topological polar surface area (TPSA) is 68.0 Å². The molecular weight excluding hydrogens is 342 g/mol. The molecule has 0 unspecified atom stereocenters. The third kappa shape index (κ3) is 3.49. The number of anilines is 2. The summed E-state index contributed by atoms with van der Waals surface area (Å²) in [7, 11) is 0. The van der Waals surface area contributed by atoms with Gasteiger partial charge in [0.15, 0.2) is 0 Å². The summed E-state index contributed by atoms with van der Waals surface area (Å²) in [6.07, 6.45) is 0.720. The quantitative estimate of drug-likeness (QED) is 0.878. The first-order valence-corrected chi connectivity index (χ1v) is 7.19. The molecule has 1 amide bonds. The zero-order chi connectivity index (χ0) is 14.7. The number of hydrogen-bond acceptors (Lipinski definition) is 3. The lowest BCUT2D eigenvalue weighted by molar-refractivity contribution is 0.102. The number of nitrogens with one attached hydrogen (secondary N) is 1. The lowest BCUT2D eigenvalue weighted by Gasteiger charge is -2.08. The Morgan fingerprint density at radius 3 is 2.80 bits per heavy atom. The normalized spacial score (nSPS) is 10.3. The van der Waals surface area contributed by atoms with Crippen LogP contribution < -0.4 is 11.1 Å². The molecule has 3 N–H and O–H groups in total. The number of halogens is 2. The number of hydrogen-bond donors (Lipinski definition) is 2. The van der Waals surface area contributed by atoms with E-state index in [2.05, 4.69) is 26.2 Å². The average molecular weight is 355 g/mol. The molecule has 4 nitrogen and oxygen atoms in total. The Hall–Kier alpha value is -1.59. The van der Waals surface area contributed by atoms with E-state index in [1.807, 2.05) is 6.92 Å². The van der Waals surface area contributed by atoms with Gasteiger partial charge in [0.05, 0.1) is 5.02 Å². The molecule has 0 aliphatic heterocycles. The Kier molecular flexibility index (Phi) is 4.62. The lowest BCUT2D eigenvalue weighted by atomic mass is 10.1. The summed E-state index contributed by atoms with van der Waals surface area (Å²) >= 11 is 9.22. The number of rotatable bonds is 3. The van der Waals surface area contributed by atoms with Gasteiger partial charge in [0.1, 0.15) is 5.82 Å². The molecular formula is C14H13BrClN3O. The van der Waals surface area contributed by atoms with Gasteiger partial charge in [-0.2, -0.15) is 0 Å². The van der Waals surface area contributed by atoms with Gasteiger partial charge in [-0.15, -0.1) is 0 Å². The summed E-state index contributed by atoms with van der Waals surface area (Å²) in [6, 6.07) is 8.47. The molecule has 0 spiro atoms. The monoisotopic (exact) mass is 353 g/mol. The molecule has 1 heterocycles. The van der Waals surface area contributed by atoms with Crippen molar-refractivity contribution < 1.29 is 4.79 Å². The van der Waals surface area contributed by atoms with Crippen LogP contribution in [0.15, 0.2) is 34.8 Å². The van der Waals surface area contributed by atoms with Crippen LogP contribution >= 0.6 is 27.5 Å². The summed E-state index contributed by atoms with van der Waals surface area (Å²) < 4.78 is 0.723. The Balaban J connectivity index is 2.23. The molecule has 6 heteroatoms. The predicted octanol–water partition coefficient (Wildman–Crippen LogP) is 3.89. The molecule has 0 saturated heterocycles. The minimum Gasteiger partial charge on any atom is -0.384 e. The van der Waals surface area contributed by atoms with Crippen LogP contribution in [0, 0.1) is 0 Å². The van der Waals surface area contributed by atoms with Crippen LogP contribution in [0.4, 0.5) is 11.5 Å². The van der Waals surface area contributed by atoms with E-state index in [1.165, 1.54) is 0 Å². The van der Waals surface area contributed by atoms with Crippen LogP contribution in [-0.2, 0) is 6.42 Å². The highest BCUT2D eigenvalue weighted by atomic mass is 79.9. The second kappa shape index (κ2) is 6.24. The fourth-order valence-corrected chi connectivity index (χ4v) is 2.20. The van der Waals surface area contributed by atoms with E-state index in [0.29, 0.717) is 22.1 Å². The van der Waals surface area contributed by atoms with Crippen molar-refractivity contribution in [1.82, 2.24) is 4.98 Å². The van der Waals surface area contributed by atoms with Crippen LogP contribution in [0.5, 0.6) is 0 Å². The van der Waals surface area contributed by atoms with Crippen LogP contribution in [-0.4, -0.2) is 10.9 Å². The van der Waals surface area contributed by atoms with Gasteiger partial charge in [-0.05, 0) is 52.7 Å². The number of amides is 1. The van der Waals surface area contributed by atoms with Crippen molar-refractivity contribution in [3.8, 4) is 0 Å². The molecule has 1 aromatic heterocycles. The van der Waals surface area contributed by atoms with E-state index >= 15 is 0 Å². The van der Waals surface area contributed by atoms with Crippen molar-refractivity contribution >= 4 is 44.9 Å². The average Bonchev–Trinajstić information content (AvgIpc) is 2.42. The molecule has 0 radical (unpaired) electrons. The molecule has 20 heavy (non-hydrogen) atoms. The third-order valence-electron chi connectivity index (χ3n) is 2.70. The molecule has 0 aliphatic carbocycles. The van der Waals surface area contributed by atoms with Gasteiger partial charge in [-0.1, -0.05) is 18.5 Å². The highest BCUT2D eigenvalue weighted by molar-refractivity contribution is 9.10. The number of pyridine rings is 1. The first kappa shape index (κ1) is 14.8. The van der Waals surface area contributed by atoms with Gasteiger partial charge in [-0.25, -0.2) is 4.98 Å². The molecule has 0 aliphatic rings. The van der Waals surface area contributed by atoms with Crippen LogP contribution in [0.2, 0.25) is 5.02 Å². The molecule has 0 atom stereocenters. The highest BCUT2D eigenvalue weighted by Gasteiger charge is 2.09. The number of nitrogens with two attached hydrogens (primary N) is 1. The number of nitrogens with zero attached hydrogens (tertiary/aromatic N) is 1. The Morgan fingerprint density at radius 2 is 2.15 bits per heavy atom. The largest absolute Gasteiger partial charge is 0.384 e. The second-order valence-corrected chi connectivity index (χ2v) is 5.47. The first-order valence-electron chi connectivity index (χ1n) is 6.02. The second-order valence-electron chi connectivity index (χ2n) is 4.21. The van der Waals surface area contributed by atoms with E-state index in [9.17, 15) is 4.79 Å². The van der Waals surface area contributed by atoms with Gasteiger partial charge in [0, 0.05) is 21.4 Å². The van der Waals surface area contributed by atoms with Gasteiger partial charge in [0.2, 0.25) is 0 Å². The summed E-state index contributed by atoms with van der Waals surface area (Å²) in [6.45, 7) is 1.96. The maximum atomic E-state index is 12.2. The van der Waals surface area contributed by atoms with Crippen molar-refractivity contribution in [2.45, 2.75) is 13.3 Å². The van der Waals surface area contributed by atoms with Gasteiger partial charge < -0.3 is 11.1 Å². The lowest BCUT2D eigenvalue weighted by Crippen LogP contribution is -2.13. The molecule has 0 bridgehead atoms. The minimum atomic E-state index is -0.233. The van der Waals surface area contributed by atoms with E-state index in [4.69, 9.17) is 17.3 Å². The van der Waals surface area contributed by atoms with Crippen molar-refractivity contribution in [1.29, 1.82) is 0 Å². The number of carbonyl (C=O) groups excluding carboxylic acids is 1. The summed E-state index contributed by atoms with van der Waals surface area (Å²) in [5.41, 5.74) is 7.62. The predicted molar refractivity (Wildman–Crippen MR) is 85.1 cm³/mol. The Bertz CT molecular complexity index is 661.